The molecule has 2 aliphatic heterocycles. The second kappa shape index (κ2) is 8.92. The van der Waals surface area contributed by atoms with Crippen molar-refractivity contribution in [3.63, 3.8) is 0 Å². The van der Waals surface area contributed by atoms with Crippen LogP contribution in [0.15, 0.2) is 90.0 Å². The Kier molecular flexibility index (Phi) is 5.78. The van der Waals surface area contributed by atoms with Gasteiger partial charge in [-0.2, -0.15) is 0 Å². The summed E-state index contributed by atoms with van der Waals surface area (Å²) in [4.78, 5) is 25.8. The molecule has 5 rings (SSSR count). The fraction of sp³-hybridized carbons (Fsp3) is 0.214. The lowest BCUT2D eigenvalue weighted by Crippen LogP contribution is -2.42. The molecule has 0 fully saturated rings. The highest BCUT2D eigenvalue weighted by molar-refractivity contribution is 6.05. The SMILES string of the molecule is COC(=O)C1=C(C(=O)OC)C2(C(Nc3ccccc3)c3ccc4ccc(OC)cc4c3)C=CC1O2. The van der Waals surface area contributed by atoms with Gasteiger partial charge in [0.1, 0.15) is 17.5 Å². The number of rotatable bonds is 7. The van der Waals surface area contributed by atoms with Crippen molar-refractivity contribution in [2.24, 2.45) is 0 Å². The Morgan fingerprint density at radius 1 is 0.914 bits per heavy atom. The minimum absolute atomic E-state index is 0.138. The molecule has 3 unspecified atom stereocenters. The fourth-order valence-corrected chi connectivity index (χ4v) is 4.87. The second-order valence-corrected chi connectivity index (χ2v) is 8.38. The molecule has 2 aliphatic rings. The quantitative estimate of drug-likeness (QED) is 0.405. The van der Waals surface area contributed by atoms with Gasteiger partial charge in [0.25, 0.3) is 0 Å². The minimum atomic E-state index is -1.29. The molecule has 2 bridgehead atoms. The summed E-state index contributed by atoms with van der Waals surface area (Å²) in [6.07, 6.45) is 2.90. The van der Waals surface area contributed by atoms with Crippen molar-refractivity contribution in [2.45, 2.75) is 17.7 Å². The summed E-state index contributed by atoms with van der Waals surface area (Å²) in [5, 5.41) is 5.54. The molecule has 3 atom stereocenters. The van der Waals surface area contributed by atoms with Gasteiger partial charge in [-0.25, -0.2) is 9.59 Å². The van der Waals surface area contributed by atoms with Gasteiger partial charge < -0.3 is 24.3 Å². The lowest BCUT2D eigenvalue weighted by Gasteiger charge is -2.36. The van der Waals surface area contributed by atoms with Gasteiger partial charge >= 0.3 is 11.9 Å². The first kappa shape index (κ1) is 22.7. The van der Waals surface area contributed by atoms with E-state index in [2.05, 4.69) is 5.32 Å². The third-order valence-electron chi connectivity index (χ3n) is 6.50. The summed E-state index contributed by atoms with van der Waals surface area (Å²) in [6.45, 7) is 0. The van der Waals surface area contributed by atoms with E-state index in [0.29, 0.717) is 0 Å². The molecule has 7 nitrogen and oxygen atoms in total. The van der Waals surface area contributed by atoms with E-state index in [0.717, 1.165) is 27.8 Å². The van der Waals surface area contributed by atoms with Gasteiger partial charge in [0.05, 0.1) is 38.5 Å². The van der Waals surface area contributed by atoms with Crippen LogP contribution in [0.5, 0.6) is 5.75 Å². The number of para-hydroxylation sites is 1. The maximum Gasteiger partial charge on any atom is 0.337 e. The number of hydrogen-bond acceptors (Lipinski definition) is 7. The standard InChI is InChI=1S/C28H25NO6/c1-32-21-12-11-17-9-10-18(15-19(17)16-21)25(29-20-7-5-4-6-8-20)28-14-13-22(35-28)23(26(30)33-2)24(28)27(31)34-3/h4-16,22,25,29H,1-3H3. The third-order valence-corrected chi connectivity index (χ3v) is 6.50. The summed E-state index contributed by atoms with van der Waals surface area (Å²) in [5.74, 6) is -0.524. The van der Waals surface area contributed by atoms with Gasteiger partial charge in [-0.15, -0.1) is 0 Å². The number of carbonyl (C=O) groups excluding carboxylic acids is 2. The zero-order chi connectivity index (χ0) is 24.6. The van der Waals surface area contributed by atoms with Crippen LogP contribution in [0.4, 0.5) is 5.69 Å². The van der Waals surface area contributed by atoms with Gasteiger partial charge in [-0.1, -0.05) is 42.5 Å². The normalized spacial score (nSPS) is 21.2. The Morgan fingerprint density at radius 3 is 2.37 bits per heavy atom. The molecule has 0 spiro atoms. The molecule has 2 heterocycles. The monoisotopic (exact) mass is 471 g/mol. The molecule has 0 amide bonds. The largest absolute Gasteiger partial charge is 0.497 e. The van der Waals surface area contributed by atoms with E-state index >= 15 is 0 Å². The first-order valence-electron chi connectivity index (χ1n) is 11.2. The van der Waals surface area contributed by atoms with Crippen LogP contribution < -0.4 is 10.1 Å². The number of hydrogen-bond donors (Lipinski definition) is 1. The molecular weight excluding hydrogens is 446 g/mol. The van der Waals surface area contributed by atoms with Gasteiger partial charge in [-0.3, -0.25) is 0 Å². The van der Waals surface area contributed by atoms with Crippen molar-refractivity contribution in [1.29, 1.82) is 0 Å². The van der Waals surface area contributed by atoms with Crippen molar-refractivity contribution in [2.75, 3.05) is 26.6 Å². The first-order valence-corrected chi connectivity index (χ1v) is 11.2. The third kappa shape index (κ3) is 3.74. The van der Waals surface area contributed by atoms with Gasteiger partial charge in [0, 0.05) is 5.69 Å². The predicted molar refractivity (Wildman–Crippen MR) is 131 cm³/mol. The van der Waals surface area contributed by atoms with Crippen LogP contribution in [0, 0.1) is 0 Å². The lowest BCUT2D eigenvalue weighted by atomic mass is 9.78. The van der Waals surface area contributed by atoms with Crippen molar-refractivity contribution in [3.05, 3.63) is 95.6 Å². The van der Waals surface area contributed by atoms with E-state index in [1.807, 2.05) is 72.8 Å². The van der Waals surface area contributed by atoms with Crippen LogP contribution in [0.1, 0.15) is 11.6 Å². The van der Waals surface area contributed by atoms with Crippen LogP contribution >= 0.6 is 0 Å². The zero-order valence-corrected chi connectivity index (χ0v) is 19.6. The van der Waals surface area contributed by atoms with E-state index in [4.69, 9.17) is 18.9 Å². The second-order valence-electron chi connectivity index (χ2n) is 8.38. The molecule has 3 aromatic rings. The Balaban J connectivity index is 1.71. The smallest absolute Gasteiger partial charge is 0.337 e. The topological polar surface area (TPSA) is 83.1 Å². The number of fused-ring (bicyclic) bond motifs is 3. The summed E-state index contributed by atoms with van der Waals surface area (Å²) in [5.41, 5.74) is 0.688. The Bertz CT molecular complexity index is 1360. The number of methoxy groups -OCH3 is 3. The van der Waals surface area contributed by atoms with E-state index < -0.39 is 29.7 Å². The number of benzene rings is 3. The molecule has 0 saturated carbocycles. The molecule has 7 heteroatoms. The van der Waals surface area contributed by atoms with Crippen LogP contribution in [0.25, 0.3) is 10.8 Å². The summed E-state index contributed by atoms with van der Waals surface area (Å²) in [7, 11) is 4.19. The minimum Gasteiger partial charge on any atom is -0.497 e. The number of carbonyl (C=O) groups is 2. The maximum atomic E-state index is 13.1. The highest BCUT2D eigenvalue weighted by Gasteiger charge is 2.58. The molecule has 35 heavy (non-hydrogen) atoms. The van der Waals surface area contributed by atoms with Crippen molar-refractivity contribution >= 4 is 28.4 Å². The maximum absolute atomic E-state index is 13.1. The summed E-state index contributed by atoms with van der Waals surface area (Å²) < 4.78 is 21.9. The molecule has 3 aromatic carbocycles. The number of anilines is 1. The average molecular weight is 472 g/mol. The predicted octanol–water partition coefficient (Wildman–Crippen LogP) is 4.35. The average Bonchev–Trinajstić information content (AvgIpc) is 3.48. The highest BCUT2D eigenvalue weighted by atomic mass is 16.6. The Labute approximate surface area is 202 Å². The molecule has 178 valence electrons. The number of nitrogens with one attached hydrogen (secondary N) is 1. The molecular formula is C28H25NO6. The molecule has 0 saturated heterocycles. The molecule has 0 radical (unpaired) electrons. The van der Waals surface area contributed by atoms with Gasteiger partial charge in [-0.05, 0) is 52.7 Å². The first-order chi connectivity index (χ1) is 17.0. The van der Waals surface area contributed by atoms with Gasteiger partial charge in [0.2, 0.25) is 0 Å². The van der Waals surface area contributed by atoms with E-state index in [1.165, 1.54) is 14.2 Å². The van der Waals surface area contributed by atoms with Crippen LogP contribution in [0.3, 0.4) is 0 Å². The zero-order valence-electron chi connectivity index (χ0n) is 19.6. The Morgan fingerprint density at radius 2 is 1.66 bits per heavy atom. The van der Waals surface area contributed by atoms with E-state index in [9.17, 15) is 9.59 Å². The molecule has 0 aliphatic carbocycles. The van der Waals surface area contributed by atoms with E-state index in [-0.39, 0.29) is 11.1 Å². The number of esters is 2. The van der Waals surface area contributed by atoms with E-state index in [1.54, 1.807) is 13.2 Å². The molecule has 0 aromatic heterocycles. The summed E-state index contributed by atoms with van der Waals surface area (Å²) in [6, 6.07) is 20.9. The van der Waals surface area contributed by atoms with Crippen molar-refractivity contribution in [3.8, 4) is 5.75 Å². The lowest BCUT2D eigenvalue weighted by molar-refractivity contribution is -0.139. The highest BCUT2D eigenvalue weighted by Crippen LogP contribution is 2.51. The number of ether oxygens (including phenoxy) is 4. The van der Waals surface area contributed by atoms with Crippen molar-refractivity contribution in [1.82, 2.24) is 0 Å². The Hall–Kier alpha value is -4.10. The molecule has 1 N–H and O–H groups in total. The van der Waals surface area contributed by atoms with Crippen molar-refractivity contribution < 1.29 is 28.5 Å². The van der Waals surface area contributed by atoms with Gasteiger partial charge in [0.15, 0.2) is 0 Å². The summed E-state index contributed by atoms with van der Waals surface area (Å²) >= 11 is 0. The van der Waals surface area contributed by atoms with Crippen LogP contribution in [0.2, 0.25) is 0 Å². The van der Waals surface area contributed by atoms with Crippen LogP contribution in [-0.4, -0.2) is 45.0 Å². The fourth-order valence-electron chi connectivity index (χ4n) is 4.87. The van der Waals surface area contributed by atoms with Crippen LogP contribution in [-0.2, 0) is 23.8 Å².